The molecule has 2 aromatic heterocycles. The van der Waals surface area contributed by atoms with E-state index in [9.17, 15) is 27.6 Å². The van der Waals surface area contributed by atoms with Gasteiger partial charge in [0.1, 0.15) is 24.7 Å². The molecule has 10 rings (SSSR count). The van der Waals surface area contributed by atoms with Crippen molar-refractivity contribution in [3.63, 3.8) is 0 Å². The molecule has 4 heterocycles. The van der Waals surface area contributed by atoms with Crippen LogP contribution in [0.3, 0.4) is 0 Å². The molecule has 16 nitrogen and oxygen atoms in total. The van der Waals surface area contributed by atoms with Crippen molar-refractivity contribution in [2.75, 3.05) is 90.6 Å². The molecule has 2 aromatic carbocycles. The van der Waals surface area contributed by atoms with E-state index in [0.29, 0.717) is 30.7 Å². The van der Waals surface area contributed by atoms with Crippen LogP contribution in [-0.4, -0.2) is 163 Å². The Morgan fingerprint density at radius 3 is 1.37 bits per heavy atom. The van der Waals surface area contributed by atoms with Crippen molar-refractivity contribution in [2.24, 2.45) is 11.8 Å². The van der Waals surface area contributed by atoms with Gasteiger partial charge in [-0.25, -0.2) is 28.0 Å². The van der Waals surface area contributed by atoms with Crippen molar-refractivity contribution >= 4 is 57.1 Å². The fraction of sp³-hybridized carbons (Fsp3) is 0.552. The molecule has 6 amide bonds. The number of nitrogens with one attached hydrogen (secondary N) is 2. The zero-order chi connectivity index (χ0) is 53.9. The van der Waals surface area contributed by atoms with E-state index < -0.39 is 9.84 Å². The summed E-state index contributed by atoms with van der Waals surface area (Å²) in [6.07, 6.45) is 17.7. The Bertz CT molecular complexity index is 2810. The van der Waals surface area contributed by atoms with Gasteiger partial charge >= 0.3 is 12.1 Å². The maximum absolute atomic E-state index is 13.8. The second kappa shape index (κ2) is 22.8. The monoisotopic (exact) mass is 1070 g/mol. The number of rotatable bonds is 16. The Morgan fingerprint density at radius 1 is 0.592 bits per heavy atom. The van der Waals surface area contributed by atoms with Crippen LogP contribution in [0.1, 0.15) is 101 Å². The van der Waals surface area contributed by atoms with Crippen molar-refractivity contribution < 1.29 is 27.6 Å². The van der Waals surface area contributed by atoms with E-state index in [0.717, 1.165) is 88.6 Å². The van der Waals surface area contributed by atoms with Crippen LogP contribution >= 0.6 is 11.8 Å². The van der Waals surface area contributed by atoms with E-state index in [4.69, 9.17) is 0 Å². The summed E-state index contributed by atoms with van der Waals surface area (Å²) in [5, 5.41) is 6.34. The van der Waals surface area contributed by atoms with E-state index >= 15 is 0 Å². The first kappa shape index (κ1) is 55.2. The maximum atomic E-state index is 13.8. The number of pyridine rings is 2. The largest absolute Gasteiger partial charge is 0.321 e. The van der Waals surface area contributed by atoms with E-state index in [-0.39, 0.29) is 70.0 Å². The molecule has 408 valence electrons. The quantitative estimate of drug-likeness (QED) is 0.103. The number of anilines is 2. The molecular weight excluding hydrogens is 997 g/mol. The second-order valence-corrected chi connectivity index (χ2v) is 25.7. The first-order valence-electron chi connectivity index (χ1n) is 27.2. The third kappa shape index (κ3) is 11.5. The third-order valence-corrected chi connectivity index (χ3v) is 19.7. The molecule has 76 heavy (non-hydrogen) atoms. The second-order valence-electron chi connectivity index (χ2n) is 22.9. The van der Waals surface area contributed by atoms with Crippen LogP contribution in [0, 0.1) is 11.8 Å². The molecule has 18 heteroatoms. The van der Waals surface area contributed by atoms with Gasteiger partial charge in [-0.15, -0.1) is 11.8 Å². The summed E-state index contributed by atoms with van der Waals surface area (Å²) in [5.74, 6) is 1.22. The summed E-state index contributed by atoms with van der Waals surface area (Å²) in [4.78, 5) is 74.4. The number of urea groups is 2. The zero-order valence-electron chi connectivity index (χ0n) is 45.4. The van der Waals surface area contributed by atoms with Gasteiger partial charge in [-0.3, -0.25) is 19.4 Å². The number of aromatic nitrogens is 2. The van der Waals surface area contributed by atoms with Gasteiger partial charge in [0, 0.05) is 43.5 Å². The molecule has 0 atom stereocenters. The van der Waals surface area contributed by atoms with Crippen molar-refractivity contribution in [1.29, 1.82) is 0 Å². The highest BCUT2D eigenvalue weighted by molar-refractivity contribution is 7.98. The fourth-order valence-electron chi connectivity index (χ4n) is 13.0. The lowest BCUT2D eigenvalue weighted by Gasteiger charge is -2.51. The average molecular weight is 1080 g/mol. The highest BCUT2D eigenvalue weighted by Gasteiger charge is 2.57. The zero-order valence-corrected chi connectivity index (χ0v) is 47.0. The van der Waals surface area contributed by atoms with Crippen LogP contribution in [0.2, 0.25) is 0 Å². The molecule has 4 saturated carbocycles. The van der Waals surface area contributed by atoms with Gasteiger partial charge in [0.25, 0.3) is 0 Å². The number of hydrogen-bond acceptors (Lipinski definition) is 11. The highest BCUT2D eigenvalue weighted by atomic mass is 32.2. The SMILES string of the molecule is CN(C)C1(c2ccccc2)CCC2(CC1)CN(CC(=O)Nc1cccc(S(C)(=O)=O)n1)C(=O)N2CC1CCC1.CSc1cccc(NC(=O)CN2CC3(CCC(c4ccccc4)(N(C)C)CC3)N(CC3CCC3)C2=O)n1. The van der Waals surface area contributed by atoms with Crippen molar-refractivity contribution in [1.82, 2.24) is 39.4 Å². The van der Waals surface area contributed by atoms with E-state index in [2.05, 4.69) is 123 Å². The first-order valence-corrected chi connectivity index (χ1v) is 30.4. The standard InChI is InChI=1S/C29H39N5O4S.C29H39N5O2S/c1-32(2)29(23-11-5-4-6-12-23)17-15-28(16-18-29)21-33(27(36)34(28)19-22-9-7-10-22)20-25(35)30-24-13-8-14-26(31-24)39(3,37)38;1-32(2)29(23-11-5-4-6-12-23)17-15-28(16-18-29)21-33(27(36)34(28)19-22-9-7-10-22)20-25(35)30-24-13-8-14-26(31-24)37-3/h4-6,8,11-14,22H,7,9-10,15-21H2,1-3H3,(H,30,31,35);4-6,8,11-14,22H,7,9-10,15-21H2,1-3H3,(H,30,31,35). The summed E-state index contributed by atoms with van der Waals surface area (Å²) >= 11 is 1.53. The number of amides is 6. The van der Waals surface area contributed by atoms with Gasteiger partial charge in [0.05, 0.1) is 16.1 Å². The smallest absolute Gasteiger partial charge is 0.317 e. The minimum Gasteiger partial charge on any atom is -0.317 e. The maximum Gasteiger partial charge on any atom is 0.321 e. The Balaban J connectivity index is 0.000000186. The minimum atomic E-state index is -3.50. The van der Waals surface area contributed by atoms with Crippen LogP contribution < -0.4 is 10.6 Å². The normalized spacial score (nSPS) is 25.9. The van der Waals surface area contributed by atoms with Crippen LogP contribution in [-0.2, 0) is 30.5 Å². The lowest BCUT2D eigenvalue weighted by atomic mass is 9.68. The predicted octanol–water partition coefficient (Wildman–Crippen LogP) is 8.78. The summed E-state index contributed by atoms with van der Waals surface area (Å²) in [6.45, 7) is 2.65. The van der Waals surface area contributed by atoms with Gasteiger partial charge in [-0.05, 0) is 159 Å². The number of carbonyl (C=O) groups is 4. The summed E-state index contributed by atoms with van der Waals surface area (Å²) in [5.41, 5.74) is 2.03. The first-order chi connectivity index (χ1) is 36.4. The molecule has 6 fully saturated rings. The molecule has 0 bridgehead atoms. The number of benzene rings is 2. The van der Waals surface area contributed by atoms with Crippen LogP contribution in [0.5, 0.6) is 0 Å². The number of sulfone groups is 1. The summed E-state index contributed by atoms with van der Waals surface area (Å²) in [7, 11) is 5.13. The third-order valence-electron chi connectivity index (χ3n) is 18.0. The molecule has 2 aliphatic heterocycles. The molecule has 6 aliphatic rings. The Kier molecular flexibility index (Phi) is 16.6. The highest BCUT2D eigenvalue weighted by Crippen LogP contribution is 2.51. The molecule has 0 radical (unpaired) electrons. The fourth-order valence-corrected chi connectivity index (χ4v) is 14.0. The Labute approximate surface area is 454 Å². The molecular formula is C58H78N10O6S2. The summed E-state index contributed by atoms with van der Waals surface area (Å²) < 4.78 is 23.7. The van der Waals surface area contributed by atoms with Crippen molar-refractivity contribution in [2.45, 2.75) is 122 Å². The molecule has 2 N–H and O–H groups in total. The van der Waals surface area contributed by atoms with Crippen LogP contribution in [0.4, 0.5) is 21.2 Å². The Morgan fingerprint density at radius 2 is 1.00 bits per heavy atom. The summed E-state index contributed by atoms with van der Waals surface area (Å²) in [6, 6.07) is 31.4. The van der Waals surface area contributed by atoms with Gasteiger partial charge in [-0.1, -0.05) is 85.6 Å². The lowest BCUT2D eigenvalue weighted by Crippen LogP contribution is -2.56. The van der Waals surface area contributed by atoms with Gasteiger partial charge in [0.2, 0.25) is 11.8 Å². The molecule has 4 aromatic rings. The minimum absolute atomic E-state index is 0.0185. The van der Waals surface area contributed by atoms with Crippen LogP contribution in [0.25, 0.3) is 0 Å². The number of carbonyl (C=O) groups excluding carboxylic acids is 4. The van der Waals surface area contributed by atoms with Gasteiger partial charge in [0.15, 0.2) is 14.9 Å². The Hall–Kier alpha value is -5.56. The number of nitrogens with zero attached hydrogens (tertiary/aromatic N) is 8. The molecule has 0 unspecified atom stereocenters. The lowest BCUT2D eigenvalue weighted by molar-refractivity contribution is -0.117. The molecule has 2 saturated heterocycles. The average Bonchev–Trinajstić information content (AvgIpc) is 3.77. The molecule has 4 aliphatic carbocycles. The van der Waals surface area contributed by atoms with E-state index in [1.54, 1.807) is 28.0 Å². The predicted molar refractivity (Wildman–Crippen MR) is 299 cm³/mol. The van der Waals surface area contributed by atoms with Crippen molar-refractivity contribution in [3.05, 3.63) is 108 Å². The van der Waals surface area contributed by atoms with E-state index in [1.165, 1.54) is 54.6 Å². The number of hydrogen-bond donors (Lipinski definition) is 2. The van der Waals surface area contributed by atoms with E-state index in [1.807, 2.05) is 24.5 Å². The van der Waals surface area contributed by atoms with Gasteiger partial charge in [-0.2, -0.15) is 0 Å². The number of thioether (sulfide) groups is 1. The molecule has 2 spiro atoms. The topological polar surface area (TPSA) is 172 Å². The van der Waals surface area contributed by atoms with Crippen molar-refractivity contribution in [3.8, 4) is 0 Å². The van der Waals surface area contributed by atoms with Crippen LogP contribution in [0.15, 0.2) is 107 Å². The van der Waals surface area contributed by atoms with Gasteiger partial charge < -0.3 is 30.2 Å².